The number of primary amides is 1. The van der Waals surface area contributed by atoms with Crippen LogP contribution in [-0.4, -0.2) is 24.1 Å². The maximum atomic E-state index is 12.1. The number of rotatable bonds is 8. The zero-order chi connectivity index (χ0) is 17.4. The van der Waals surface area contributed by atoms with Crippen molar-refractivity contribution in [1.29, 1.82) is 0 Å². The minimum Gasteiger partial charge on any atom is -0.375 e. The predicted molar refractivity (Wildman–Crippen MR) is 99.3 cm³/mol. The van der Waals surface area contributed by atoms with Gasteiger partial charge in [0, 0.05) is 16.3 Å². The summed E-state index contributed by atoms with van der Waals surface area (Å²) in [6.45, 7) is 2.23. The third-order valence-corrected chi connectivity index (χ3v) is 4.44. The van der Waals surface area contributed by atoms with E-state index in [1.807, 2.05) is 48.5 Å². The molecule has 2 aromatic carbocycles. The molecule has 4 N–H and O–H groups in total. The lowest BCUT2D eigenvalue weighted by Crippen LogP contribution is -2.22. The molecule has 126 valence electrons. The fourth-order valence-electron chi connectivity index (χ4n) is 2.09. The molecule has 0 spiro atoms. The number of hydrogen-bond donors (Lipinski definition) is 3. The van der Waals surface area contributed by atoms with E-state index in [1.165, 1.54) is 17.3 Å². The predicted octanol–water partition coefficient (Wildman–Crippen LogP) is 2.88. The highest BCUT2D eigenvalue weighted by molar-refractivity contribution is 8.00. The highest BCUT2D eigenvalue weighted by atomic mass is 32.2. The van der Waals surface area contributed by atoms with E-state index in [-0.39, 0.29) is 24.1 Å². The molecule has 0 aliphatic rings. The van der Waals surface area contributed by atoms with Gasteiger partial charge in [-0.25, -0.2) is 0 Å². The molecule has 0 fully saturated rings. The number of benzene rings is 2. The van der Waals surface area contributed by atoms with Crippen molar-refractivity contribution in [2.24, 2.45) is 5.73 Å². The van der Waals surface area contributed by atoms with Gasteiger partial charge < -0.3 is 16.4 Å². The molecule has 5 nitrogen and oxygen atoms in total. The number of hydrogen-bond acceptors (Lipinski definition) is 4. The molecule has 0 bridgehead atoms. The summed E-state index contributed by atoms with van der Waals surface area (Å²) in [6, 6.07) is 15.3. The van der Waals surface area contributed by atoms with Gasteiger partial charge >= 0.3 is 0 Å². The van der Waals surface area contributed by atoms with E-state index in [9.17, 15) is 9.59 Å². The normalized spacial score (nSPS) is 10.2. The Morgan fingerprint density at radius 1 is 1.08 bits per heavy atom. The minimum absolute atomic E-state index is 0.131. The first-order chi connectivity index (χ1) is 11.6. The van der Waals surface area contributed by atoms with Crippen LogP contribution in [0.4, 0.5) is 11.4 Å². The van der Waals surface area contributed by atoms with Gasteiger partial charge in [0.05, 0.1) is 12.3 Å². The molecule has 0 saturated heterocycles. The van der Waals surface area contributed by atoms with E-state index in [0.29, 0.717) is 0 Å². The van der Waals surface area contributed by atoms with Crippen LogP contribution >= 0.6 is 11.8 Å². The second kappa shape index (κ2) is 8.98. The van der Waals surface area contributed by atoms with Crippen LogP contribution in [0.25, 0.3) is 0 Å². The molecule has 0 saturated carbocycles. The summed E-state index contributed by atoms with van der Waals surface area (Å²) in [6.07, 6.45) is 0.968. The summed E-state index contributed by atoms with van der Waals surface area (Å²) in [5.74, 6) is -0.300. The highest BCUT2D eigenvalue weighted by Gasteiger charge is 2.07. The monoisotopic (exact) mass is 343 g/mol. The van der Waals surface area contributed by atoms with Crippen LogP contribution in [0, 0.1) is 0 Å². The summed E-state index contributed by atoms with van der Waals surface area (Å²) in [7, 11) is 0. The fourth-order valence-corrected chi connectivity index (χ4v) is 2.86. The molecule has 2 rings (SSSR count). The van der Waals surface area contributed by atoms with Crippen LogP contribution in [0.3, 0.4) is 0 Å². The van der Waals surface area contributed by atoms with Crippen molar-refractivity contribution in [1.82, 2.24) is 0 Å². The van der Waals surface area contributed by atoms with E-state index in [1.54, 1.807) is 0 Å². The van der Waals surface area contributed by atoms with E-state index >= 15 is 0 Å². The third kappa shape index (κ3) is 5.62. The largest absolute Gasteiger partial charge is 0.375 e. The second-order valence-electron chi connectivity index (χ2n) is 5.20. The Hall–Kier alpha value is -2.47. The van der Waals surface area contributed by atoms with E-state index in [0.717, 1.165) is 22.7 Å². The first kappa shape index (κ1) is 17.9. The van der Waals surface area contributed by atoms with Crippen LogP contribution in [0.1, 0.15) is 12.5 Å². The van der Waals surface area contributed by atoms with E-state index in [2.05, 4.69) is 17.6 Å². The lowest BCUT2D eigenvalue weighted by Gasteiger charge is -2.11. The van der Waals surface area contributed by atoms with Gasteiger partial charge in [0.2, 0.25) is 11.8 Å². The Morgan fingerprint density at radius 2 is 1.79 bits per heavy atom. The van der Waals surface area contributed by atoms with Gasteiger partial charge in [-0.1, -0.05) is 31.2 Å². The van der Waals surface area contributed by atoms with Crippen molar-refractivity contribution in [3.63, 3.8) is 0 Å². The van der Waals surface area contributed by atoms with Gasteiger partial charge in [0.25, 0.3) is 0 Å². The Morgan fingerprint density at radius 3 is 2.46 bits per heavy atom. The number of anilines is 2. The van der Waals surface area contributed by atoms with Gasteiger partial charge in [-0.2, -0.15) is 0 Å². The van der Waals surface area contributed by atoms with Crippen molar-refractivity contribution in [3.05, 3.63) is 54.1 Å². The molecule has 0 radical (unpaired) electrons. The van der Waals surface area contributed by atoms with Crippen molar-refractivity contribution in [2.45, 2.75) is 18.2 Å². The first-order valence-electron chi connectivity index (χ1n) is 7.71. The topological polar surface area (TPSA) is 84.2 Å². The Kier molecular flexibility index (Phi) is 6.69. The number of para-hydroxylation sites is 1. The molecule has 0 unspecified atom stereocenters. The number of nitrogens with one attached hydrogen (secondary N) is 2. The lowest BCUT2D eigenvalue weighted by atomic mass is 10.1. The van der Waals surface area contributed by atoms with Crippen molar-refractivity contribution < 1.29 is 9.59 Å². The molecular weight excluding hydrogens is 322 g/mol. The zero-order valence-corrected chi connectivity index (χ0v) is 14.4. The Bertz CT molecular complexity index is 702. The van der Waals surface area contributed by atoms with Crippen LogP contribution < -0.4 is 16.4 Å². The zero-order valence-electron chi connectivity index (χ0n) is 13.5. The standard InChI is InChI=1S/C18H21N3O2S/c1-2-13-7-9-14(10-8-13)21-18(23)11-20-15-5-3-4-6-16(15)24-12-17(19)22/h3-10,20H,2,11-12H2,1H3,(H2,19,22)(H,21,23). The first-order valence-corrected chi connectivity index (χ1v) is 8.70. The van der Waals surface area contributed by atoms with Crippen molar-refractivity contribution >= 4 is 35.0 Å². The number of nitrogens with two attached hydrogens (primary N) is 1. The number of amides is 2. The van der Waals surface area contributed by atoms with E-state index in [4.69, 9.17) is 5.73 Å². The smallest absolute Gasteiger partial charge is 0.243 e. The Balaban J connectivity index is 1.90. The second-order valence-corrected chi connectivity index (χ2v) is 6.22. The van der Waals surface area contributed by atoms with Gasteiger partial charge in [-0.15, -0.1) is 11.8 Å². The molecule has 2 aromatic rings. The van der Waals surface area contributed by atoms with Gasteiger partial charge in [0.15, 0.2) is 0 Å². The summed E-state index contributed by atoms with van der Waals surface area (Å²) in [5, 5.41) is 5.95. The fraction of sp³-hybridized carbons (Fsp3) is 0.222. The summed E-state index contributed by atoms with van der Waals surface area (Å²) >= 11 is 1.35. The molecule has 0 atom stereocenters. The molecule has 2 amide bonds. The van der Waals surface area contributed by atoms with Gasteiger partial charge in [-0.3, -0.25) is 9.59 Å². The maximum Gasteiger partial charge on any atom is 0.243 e. The van der Waals surface area contributed by atoms with Crippen molar-refractivity contribution in [2.75, 3.05) is 22.9 Å². The minimum atomic E-state index is -0.372. The number of carbonyl (C=O) groups is 2. The van der Waals surface area contributed by atoms with Crippen LogP contribution in [0.5, 0.6) is 0 Å². The Labute approximate surface area is 146 Å². The molecule has 0 aliphatic heterocycles. The summed E-state index contributed by atoms with van der Waals surface area (Å²) < 4.78 is 0. The third-order valence-electron chi connectivity index (χ3n) is 3.34. The highest BCUT2D eigenvalue weighted by Crippen LogP contribution is 2.26. The quantitative estimate of drug-likeness (QED) is 0.644. The lowest BCUT2D eigenvalue weighted by molar-refractivity contribution is -0.116. The molecule has 0 aliphatic carbocycles. The SMILES string of the molecule is CCc1ccc(NC(=O)CNc2ccccc2SCC(N)=O)cc1. The van der Waals surface area contributed by atoms with Gasteiger partial charge in [0.1, 0.15) is 0 Å². The summed E-state index contributed by atoms with van der Waals surface area (Å²) in [4.78, 5) is 23.9. The van der Waals surface area contributed by atoms with Crippen LogP contribution in [0.2, 0.25) is 0 Å². The van der Waals surface area contributed by atoms with Crippen molar-refractivity contribution in [3.8, 4) is 0 Å². The molecular formula is C18H21N3O2S. The molecule has 24 heavy (non-hydrogen) atoms. The maximum absolute atomic E-state index is 12.1. The number of aryl methyl sites for hydroxylation is 1. The van der Waals surface area contributed by atoms with Crippen LogP contribution in [-0.2, 0) is 16.0 Å². The molecule has 6 heteroatoms. The summed E-state index contributed by atoms with van der Waals surface area (Å²) in [5.41, 5.74) is 7.98. The van der Waals surface area contributed by atoms with Crippen LogP contribution in [0.15, 0.2) is 53.4 Å². The van der Waals surface area contributed by atoms with Gasteiger partial charge in [-0.05, 0) is 36.2 Å². The van der Waals surface area contributed by atoms with E-state index < -0.39 is 0 Å². The molecule has 0 aromatic heterocycles. The number of carbonyl (C=O) groups excluding carboxylic acids is 2. The average molecular weight is 343 g/mol. The number of thioether (sulfide) groups is 1. The molecule has 0 heterocycles. The average Bonchev–Trinajstić information content (AvgIpc) is 2.59.